The molecule has 1 aliphatic carbocycles. The van der Waals surface area contributed by atoms with Crippen molar-refractivity contribution in [2.45, 2.75) is 51.6 Å². The van der Waals surface area contributed by atoms with Crippen molar-refractivity contribution in [3.8, 4) is 0 Å². The minimum atomic E-state index is -0.741. The van der Waals surface area contributed by atoms with E-state index in [0.29, 0.717) is 30.8 Å². The maximum atomic E-state index is 10.9. The van der Waals surface area contributed by atoms with Crippen LogP contribution < -0.4 is 0 Å². The third kappa shape index (κ3) is 5.08. The Bertz CT molecular complexity index is 233. The summed E-state index contributed by atoms with van der Waals surface area (Å²) in [6.45, 7) is 5.40. The van der Waals surface area contributed by atoms with Crippen molar-refractivity contribution in [1.82, 2.24) is 0 Å². The zero-order valence-electron chi connectivity index (χ0n) is 12.0. The van der Waals surface area contributed by atoms with Gasteiger partial charge in [-0.1, -0.05) is 37.9 Å². The van der Waals surface area contributed by atoms with Crippen LogP contribution in [0, 0.1) is 11.8 Å². The SMILES string of the molecule is CC(C)C1CCCCC1(O)COCCC[S+](C)[O-]. The van der Waals surface area contributed by atoms with E-state index in [2.05, 4.69) is 13.8 Å². The Morgan fingerprint density at radius 2 is 2.17 bits per heavy atom. The number of hydrogen-bond acceptors (Lipinski definition) is 3. The lowest BCUT2D eigenvalue weighted by Gasteiger charge is -2.42. The van der Waals surface area contributed by atoms with E-state index in [-0.39, 0.29) is 0 Å². The zero-order valence-corrected chi connectivity index (χ0v) is 12.8. The predicted octanol–water partition coefficient (Wildman–Crippen LogP) is 2.35. The Morgan fingerprint density at radius 3 is 2.78 bits per heavy atom. The van der Waals surface area contributed by atoms with E-state index < -0.39 is 16.8 Å². The van der Waals surface area contributed by atoms with Gasteiger partial charge in [0.15, 0.2) is 0 Å². The summed E-state index contributed by atoms with van der Waals surface area (Å²) in [5.74, 6) is 1.54. The molecule has 0 aromatic heterocycles. The topological polar surface area (TPSA) is 52.5 Å². The molecule has 1 rings (SSSR count). The summed E-state index contributed by atoms with van der Waals surface area (Å²) in [6.07, 6.45) is 6.81. The molecule has 0 aliphatic heterocycles. The minimum absolute atomic E-state index is 0.353. The highest BCUT2D eigenvalue weighted by atomic mass is 32.2. The van der Waals surface area contributed by atoms with Gasteiger partial charge in [-0.3, -0.25) is 0 Å². The molecule has 0 spiro atoms. The van der Waals surface area contributed by atoms with Gasteiger partial charge in [0.2, 0.25) is 0 Å². The summed E-state index contributed by atoms with van der Waals surface area (Å²) < 4.78 is 16.5. The monoisotopic (exact) mass is 276 g/mol. The Hall–Kier alpha value is 0.230. The summed E-state index contributed by atoms with van der Waals surface area (Å²) in [6, 6.07) is 0. The van der Waals surface area contributed by atoms with E-state index in [0.717, 1.165) is 25.7 Å². The Balaban J connectivity index is 2.32. The van der Waals surface area contributed by atoms with Gasteiger partial charge in [-0.05, 0) is 24.7 Å². The Morgan fingerprint density at radius 1 is 1.44 bits per heavy atom. The van der Waals surface area contributed by atoms with Gasteiger partial charge < -0.3 is 14.4 Å². The lowest BCUT2D eigenvalue weighted by molar-refractivity contribution is -0.117. The minimum Gasteiger partial charge on any atom is -0.617 e. The van der Waals surface area contributed by atoms with Crippen LogP contribution in [0.15, 0.2) is 0 Å². The van der Waals surface area contributed by atoms with E-state index in [4.69, 9.17) is 4.74 Å². The lowest BCUT2D eigenvalue weighted by Crippen LogP contribution is -2.47. The van der Waals surface area contributed by atoms with Gasteiger partial charge in [0.05, 0.1) is 25.1 Å². The Labute approximate surface area is 114 Å². The van der Waals surface area contributed by atoms with Crippen LogP contribution in [0.1, 0.15) is 46.0 Å². The molecule has 0 bridgehead atoms. The summed E-state index contributed by atoms with van der Waals surface area (Å²) in [5, 5.41) is 10.7. The summed E-state index contributed by atoms with van der Waals surface area (Å²) in [5.41, 5.74) is -0.641. The molecule has 1 saturated carbocycles. The molecule has 1 fully saturated rings. The standard InChI is InChI=1S/C14H28O3S/c1-12(2)13-7-4-5-8-14(13,15)11-17-9-6-10-18(3)16/h12-13,15H,4-11H2,1-3H3. The molecule has 0 radical (unpaired) electrons. The molecule has 3 nitrogen and oxygen atoms in total. The molecule has 3 atom stereocenters. The van der Waals surface area contributed by atoms with Crippen LogP contribution in [0.2, 0.25) is 0 Å². The zero-order chi connectivity index (χ0) is 13.6. The van der Waals surface area contributed by atoms with Gasteiger partial charge in [-0.15, -0.1) is 0 Å². The molecule has 0 saturated heterocycles. The fourth-order valence-electron chi connectivity index (χ4n) is 3.00. The number of ether oxygens (including phenoxy) is 1. The van der Waals surface area contributed by atoms with Crippen molar-refractivity contribution in [2.75, 3.05) is 25.2 Å². The molecular formula is C14H28O3S. The van der Waals surface area contributed by atoms with Crippen LogP contribution in [0.3, 0.4) is 0 Å². The van der Waals surface area contributed by atoms with Crippen molar-refractivity contribution < 1.29 is 14.4 Å². The number of aliphatic hydroxyl groups is 1. The van der Waals surface area contributed by atoms with E-state index in [1.165, 1.54) is 6.42 Å². The molecule has 0 amide bonds. The van der Waals surface area contributed by atoms with Gasteiger partial charge >= 0.3 is 0 Å². The molecule has 108 valence electrons. The smallest absolute Gasteiger partial charge is 0.107 e. The number of hydrogen-bond donors (Lipinski definition) is 1. The van der Waals surface area contributed by atoms with Gasteiger partial charge in [-0.25, -0.2) is 0 Å². The van der Waals surface area contributed by atoms with E-state index in [1.54, 1.807) is 6.26 Å². The molecule has 3 unspecified atom stereocenters. The van der Waals surface area contributed by atoms with E-state index >= 15 is 0 Å². The molecule has 4 heteroatoms. The van der Waals surface area contributed by atoms with Gasteiger partial charge in [0.25, 0.3) is 0 Å². The molecule has 0 aromatic carbocycles. The fraction of sp³-hybridized carbons (Fsp3) is 1.00. The highest BCUT2D eigenvalue weighted by Gasteiger charge is 2.40. The molecular weight excluding hydrogens is 248 g/mol. The summed E-state index contributed by atoms with van der Waals surface area (Å²) >= 11 is -0.741. The lowest BCUT2D eigenvalue weighted by atomic mass is 9.70. The first kappa shape index (κ1) is 16.3. The summed E-state index contributed by atoms with van der Waals surface area (Å²) in [7, 11) is 0. The third-order valence-corrected chi connectivity index (χ3v) is 4.81. The second kappa shape index (κ2) is 7.73. The van der Waals surface area contributed by atoms with Gasteiger partial charge in [0, 0.05) is 6.42 Å². The van der Waals surface area contributed by atoms with Crippen molar-refractivity contribution in [3.63, 3.8) is 0 Å². The maximum absolute atomic E-state index is 10.9. The highest BCUT2D eigenvalue weighted by Crippen LogP contribution is 2.38. The van der Waals surface area contributed by atoms with Crippen LogP contribution in [0.4, 0.5) is 0 Å². The van der Waals surface area contributed by atoms with Gasteiger partial charge in [-0.2, -0.15) is 0 Å². The van der Waals surface area contributed by atoms with Crippen LogP contribution >= 0.6 is 0 Å². The van der Waals surface area contributed by atoms with Crippen LogP contribution in [-0.4, -0.2) is 40.5 Å². The average Bonchev–Trinajstić information content (AvgIpc) is 2.28. The number of rotatable bonds is 7. The van der Waals surface area contributed by atoms with Crippen molar-refractivity contribution in [1.29, 1.82) is 0 Å². The molecule has 0 heterocycles. The van der Waals surface area contributed by atoms with Crippen molar-refractivity contribution >= 4 is 11.2 Å². The van der Waals surface area contributed by atoms with Gasteiger partial charge in [0.1, 0.15) is 5.75 Å². The largest absolute Gasteiger partial charge is 0.617 e. The van der Waals surface area contributed by atoms with Crippen LogP contribution in [-0.2, 0) is 15.9 Å². The maximum Gasteiger partial charge on any atom is 0.107 e. The average molecular weight is 276 g/mol. The molecule has 0 aromatic rings. The second-order valence-corrected chi connectivity index (χ2v) is 7.44. The first-order chi connectivity index (χ1) is 8.46. The first-order valence-electron chi connectivity index (χ1n) is 7.06. The molecule has 18 heavy (non-hydrogen) atoms. The highest BCUT2D eigenvalue weighted by molar-refractivity contribution is 7.90. The first-order valence-corrected chi connectivity index (χ1v) is 8.78. The molecule has 1 N–H and O–H groups in total. The van der Waals surface area contributed by atoms with E-state index in [1.807, 2.05) is 0 Å². The van der Waals surface area contributed by atoms with Crippen molar-refractivity contribution in [3.05, 3.63) is 0 Å². The van der Waals surface area contributed by atoms with Crippen LogP contribution in [0.5, 0.6) is 0 Å². The predicted molar refractivity (Wildman–Crippen MR) is 76.1 cm³/mol. The molecule has 1 aliphatic rings. The summed E-state index contributed by atoms with van der Waals surface area (Å²) in [4.78, 5) is 0. The normalized spacial score (nSPS) is 30.7. The second-order valence-electron chi connectivity index (χ2n) is 5.88. The fourth-order valence-corrected chi connectivity index (χ4v) is 3.52. The van der Waals surface area contributed by atoms with Crippen molar-refractivity contribution in [2.24, 2.45) is 11.8 Å². The van der Waals surface area contributed by atoms with Crippen LogP contribution in [0.25, 0.3) is 0 Å². The quantitative estimate of drug-likeness (QED) is 0.573. The third-order valence-electron chi connectivity index (χ3n) is 3.94. The Kier molecular flexibility index (Phi) is 6.99. The van der Waals surface area contributed by atoms with E-state index in [9.17, 15) is 9.66 Å².